The fourth-order valence-corrected chi connectivity index (χ4v) is 2.61. The molecule has 3 heteroatoms. The van der Waals surface area contributed by atoms with Crippen LogP contribution in [0.15, 0.2) is 18.6 Å². The third-order valence-electron chi connectivity index (χ3n) is 3.61. The van der Waals surface area contributed by atoms with Gasteiger partial charge in [-0.25, -0.2) is 0 Å². The molecule has 0 radical (unpaired) electrons. The predicted molar refractivity (Wildman–Crippen MR) is 65.3 cm³/mol. The van der Waals surface area contributed by atoms with Crippen LogP contribution >= 0.6 is 0 Å². The van der Waals surface area contributed by atoms with Crippen LogP contribution in [0.3, 0.4) is 0 Å². The van der Waals surface area contributed by atoms with Gasteiger partial charge in [-0.1, -0.05) is 13.8 Å². The molecule has 1 heterocycles. The zero-order valence-electron chi connectivity index (χ0n) is 10.2. The van der Waals surface area contributed by atoms with E-state index in [-0.39, 0.29) is 5.41 Å². The summed E-state index contributed by atoms with van der Waals surface area (Å²) in [4.78, 5) is 8.64. The second-order valence-electron chi connectivity index (χ2n) is 5.05. The van der Waals surface area contributed by atoms with Gasteiger partial charge in [-0.05, 0) is 32.2 Å². The Hall–Kier alpha value is -0.960. The lowest BCUT2D eigenvalue weighted by atomic mass is 9.85. The highest BCUT2D eigenvalue weighted by atomic mass is 14.9. The van der Waals surface area contributed by atoms with E-state index in [0.717, 1.165) is 12.2 Å². The van der Waals surface area contributed by atoms with Crippen LogP contribution in [-0.4, -0.2) is 22.6 Å². The van der Waals surface area contributed by atoms with Gasteiger partial charge in [0.25, 0.3) is 0 Å². The van der Waals surface area contributed by atoms with Gasteiger partial charge in [-0.3, -0.25) is 9.97 Å². The minimum absolute atomic E-state index is 0.222. The van der Waals surface area contributed by atoms with Crippen molar-refractivity contribution < 1.29 is 0 Å². The summed E-state index contributed by atoms with van der Waals surface area (Å²) in [6.07, 6.45) is 10.3. The number of hydrogen-bond acceptors (Lipinski definition) is 3. The standard InChI is InChI=1S/C13H21N3/c1-3-6-15-11-4-5-13(2,9-11)12-10-14-7-8-16-12/h7-8,10-11,15H,3-6,9H2,1-2H3. The van der Waals surface area contributed by atoms with E-state index < -0.39 is 0 Å². The second-order valence-corrected chi connectivity index (χ2v) is 5.05. The molecular formula is C13H21N3. The van der Waals surface area contributed by atoms with Gasteiger partial charge in [0, 0.05) is 30.0 Å². The summed E-state index contributed by atoms with van der Waals surface area (Å²) in [6.45, 7) is 5.65. The largest absolute Gasteiger partial charge is 0.314 e. The summed E-state index contributed by atoms with van der Waals surface area (Å²) in [6, 6.07) is 0.659. The van der Waals surface area contributed by atoms with Crippen molar-refractivity contribution in [2.24, 2.45) is 0 Å². The molecular weight excluding hydrogens is 198 g/mol. The average molecular weight is 219 g/mol. The maximum Gasteiger partial charge on any atom is 0.0646 e. The smallest absolute Gasteiger partial charge is 0.0646 e. The van der Waals surface area contributed by atoms with Crippen LogP contribution in [0.1, 0.15) is 45.2 Å². The van der Waals surface area contributed by atoms with Gasteiger partial charge in [0.05, 0.1) is 5.69 Å². The lowest BCUT2D eigenvalue weighted by Gasteiger charge is -2.23. The quantitative estimate of drug-likeness (QED) is 0.844. The molecule has 0 saturated heterocycles. The van der Waals surface area contributed by atoms with E-state index in [2.05, 4.69) is 29.1 Å². The molecule has 2 unspecified atom stereocenters. The minimum Gasteiger partial charge on any atom is -0.314 e. The molecule has 0 bridgehead atoms. The molecule has 2 atom stereocenters. The molecule has 1 aromatic rings. The Labute approximate surface area is 97.7 Å². The number of aromatic nitrogens is 2. The summed E-state index contributed by atoms with van der Waals surface area (Å²) >= 11 is 0. The number of rotatable bonds is 4. The molecule has 16 heavy (non-hydrogen) atoms. The molecule has 1 fully saturated rings. The highest BCUT2D eigenvalue weighted by Gasteiger charge is 2.37. The van der Waals surface area contributed by atoms with E-state index >= 15 is 0 Å². The molecule has 88 valence electrons. The Morgan fingerprint density at radius 3 is 3.06 bits per heavy atom. The van der Waals surface area contributed by atoms with Crippen molar-refractivity contribution in [2.45, 2.75) is 51.0 Å². The van der Waals surface area contributed by atoms with Crippen molar-refractivity contribution in [1.29, 1.82) is 0 Å². The van der Waals surface area contributed by atoms with Gasteiger partial charge in [-0.2, -0.15) is 0 Å². The van der Waals surface area contributed by atoms with Gasteiger partial charge < -0.3 is 5.32 Å². The first-order chi connectivity index (χ1) is 7.74. The van der Waals surface area contributed by atoms with Gasteiger partial charge in [-0.15, -0.1) is 0 Å². The number of nitrogens with zero attached hydrogens (tertiary/aromatic N) is 2. The van der Waals surface area contributed by atoms with Crippen molar-refractivity contribution in [3.05, 3.63) is 24.3 Å². The Bertz CT molecular complexity index is 325. The molecule has 0 aromatic carbocycles. The average Bonchev–Trinajstić information content (AvgIpc) is 2.71. The minimum atomic E-state index is 0.222. The lowest BCUT2D eigenvalue weighted by molar-refractivity contribution is 0.441. The monoisotopic (exact) mass is 219 g/mol. The third kappa shape index (κ3) is 2.40. The maximum atomic E-state index is 4.46. The molecule has 2 rings (SSSR count). The molecule has 0 amide bonds. The number of nitrogens with one attached hydrogen (secondary N) is 1. The van der Waals surface area contributed by atoms with Crippen LogP contribution in [0, 0.1) is 0 Å². The van der Waals surface area contributed by atoms with Crippen molar-refractivity contribution >= 4 is 0 Å². The van der Waals surface area contributed by atoms with E-state index in [1.807, 2.05) is 6.20 Å². The van der Waals surface area contributed by atoms with Crippen molar-refractivity contribution in [1.82, 2.24) is 15.3 Å². The van der Waals surface area contributed by atoms with Gasteiger partial charge in [0.15, 0.2) is 0 Å². The van der Waals surface area contributed by atoms with Crippen molar-refractivity contribution in [3.8, 4) is 0 Å². The first-order valence-corrected chi connectivity index (χ1v) is 6.24. The van der Waals surface area contributed by atoms with Crippen LogP contribution in [-0.2, 0) is 5.41 Å². The molecule has 1 N–H and O–H groups in total. The Kier molecular flexibility index (Phi) is 3.54. The van der Waals surface area contributed by atoms with Gasteiger partial charge >= 0.3 is 0 Å². The lowest BCUT2D eigenvalue weighted by Crippen LogP contribution is -2.29. The fraction of sp³-hybridized carbons (Fsp3) is 0.692. The highest BCUT2D eigenvalue weighted by molar-refractivity contribution is 5.15. The van der Waals surface area contributed by atoms with E-state index in [9.17, 15) is 0 Å². The first kappa shape index (κ1) is 11.5. The van der Waals surface area contributed by atoms with Gasteiger partial charge in [0.2, 0.25) is 0 Å². The Morgan fingerprint density at radius 2 is 2.38 bits per heavy atom. The predicted octanol–water partition coefficient (Wildman–Crippen LogP) is 2.29. The van der Waals surface area contributed by atoms with Crippen LogP contribution in [0.4, 0.5) is 0 Å². The Balaban J connectivity index is 2.01. The summed E-state index contributed by atoms with van der Waals surface area (Å²) < 4.78 is 0. The summed E-state index contributed by atoms with van der Waals surface area (Å²) in [5, 5.41) is 3.61. The second kappa shape index (κ2) is 4.91. The van der Waals surface area contributed by atoms with Crippen LogP contribution in [0.5, 0.6) is 0 Å². The molecule has 1 saturated carbocycles. The van der Waals surface area contributed by atoms with Crippen molar-refractivity contribution in [3.63, 3.8) is 0 Å². The van der Waals surface area contributed by atoms with Crippen LogP contribution in [0.25, 0.3) is 0 Å². The van der Waals surface area contributed by atoms with Crippen LogP contribution < -0.4 is 5.32 Å². The van der Waals surface area contributed by atoms with E-state index in [1.54, 1.807) is 12.4 Å². The summed E-state index contributed by atoms with van der Waals surface area (Å²) in [7, 11) is 0. The van der Waals surface area contributed by atoms with E-state index in [0.29, 0.717) is 6.04 Å². The highest BCUT2D eigenvalue weighted by Crippen LogP contribution is 2.39. The van der Waals surface area contributed by atoms with Gasteiger partial charge in [0.1, 0.15) is 0 Å². The van der Waals surface area contributed by atoms with E-state index in [4.69, 9.17) is 0 Å². The molecule has 1 aromatic heterocycles. The molecule has 0 spiro atoms. The fourth-order valence-electron chi connectivity index (χ4n) is 2.61. The molecule has 1 aliphatic carbocycles. The van der Waals surface area contributed by atoms with Crippen molar-refractivity contribution in [2.75, 3.05) is 6.54 Å². The van der Waals surface area contributed by atoms with E-state index in [1.165, 1.54) is 25.7 Å². The Morgan fingerprint density at radius 1 is 1.50 bits per heavy atom. The third-order valence-corrected chi connectivity index (χ3v) is 3.61. The normalized spacial score (nSPS) is 29.5. The number of hydrogen-bond donors (Lipinski definition) is 1. The topological polar surface area (TPSA) is 37.8 Å². The summed E-state index contributed by atoms with van der Waals surface area (Å²) in [5.74, 6) is 0. The molecule has 3 nitrogen and oxygen atoms in total. The molecule has 1 aliphatic rings. The zero-order valence-corrected chi connectivity index (χ0v) is 10.2. The first-order valence-electron chi connectivity index (χ1n) is 6.24. The summed E-state index contributed by atoms with van der Waals surface area (Å²) in [5.41, 5.74) is 1.37. The maximum absolute atomic E-state index is 4.46. The molecule has 0 aliphatic heterocycles. The van der Waals surface area contributed by atoms with Crippen LogP contribution in [0.2, 0.25) is 0 Å². The SMILES string of the molecule is CCCNC1CCC(C)(c2cnccn2)C1. The zero-order chi connectivity index (χ0) is 11.4.